The maximum atomic E-state index is 13.5. The molecule has 2 aliphatic heterocycles. The molecular weight excluding hydrogens is 462 g/mol. The molecule has 0 aromatic heterocycles. The third-order valence-corrected chi connectivity index (χ3v) is 9.18. The Balaban J connectivity index is 1.20. The van der Waals surface area contributed by atoms with E-state index in [1.54, 1.807) is 18.2 Å². The molecule has 3 amide bonds. The number of carbonyl (C=O) groups is 3. The minimum atomic E-state index is -0.186. The zero-order chi connectivity index (χ0) is 24.4. The van der Waals surface area contributed by atoms with E-state index in [2.05, 4.69) is 36.9 Å². The minimum Gasteiger partial charge on any atom is -0.368 e. The van der Waals surface area contributed by atoms with Crippen molar-refractivity contribution in [2.45, 2.75) is 33.1 Å². The van der Waals surface area contributed by atoms with Crippen molar-refractivity contribution < 1.29 is 14.4 Å². The van der Waals surface area contributed by atoms with Gasteiger partial charge in [0.15, 0.2) is 0 Å². The van der Waals surface area contributed by atoms with Crippen LogP contribution in [0.15, 0.2) is 36.4 Å². The van der Waals surface area contributed by atoms with Crippen LogP contribution in [0.25, 0.3) is 0 Å². The van der Waals surface area contributed by atoms with Gasteiger partial charge in [-0.1, -0.05) is 23.7 Å². The van der Waals surface area contributed by atoms with Crippen molar-refractivity contribution in [2.24, 2.45) is 23.7 Å². The van der Waals surface area contributed by atoms with Gasteiger partial charge in [0.05, 0.1) is 28.1 Å². The van der Waals surface area contributed by atoms with Gasteiger partial charge in [-0.05, 0) is 80.3 Å². The molecule has 0 unspecified atom stereocenters. The molecule has 4 aliphatic rings. The molecule has 2 aromatic carbocycles. The van der Waals surface area contributed by atoms with Gasteiger partial charge in [-0.25, -0.2) is 0 Å². The Bertz CT molecular complexity index is 1210. The molecule has 2 bridgehead atoms. The second-order valence-electron chi connectivity index (χ2n) is 10.6. The summed E-state index contributed by atoms with van der Waals surface area (Å²) in [7, 11) is 0. The maximum Gasteiger partial charge on any atom is 0.255 e. The van der Waals surface area contributed by atoms with E-state index in [-0.39, 0.29) is 29.6 Å². The van der Waals surface area contributed by atoms with Gasteiger partial charge in [-0.3, -0.25) is 19.3 Å². The summed E-state index contributed by atoms with van der Waals surface area (Å²) in [5, 5.41) is 0.343. The Morgan fingerprint density at radius 2 is 1.57 bits per heavy atom. The number of nitrogens with zero attached hydrogens (tertiary/aromatic N) is 3. The van der Waals surface area contributed by atoms with Gasteiger partial charge in [0.1, 0.15) is 0 Å². The molecule has 0 radical (unpaired) electrons. The highest BCUT2D eigenvalue weighted by molar-refractivity contribution is 6.34. The zero-order valence-corrected chi connectivity index (χ0v) is 20.9. The van der Waals surface area contributed by atoms with Crippen LogP contribution in [0.5, 0.6) is 0 Å². The van der Waals surface area contributed by atoms with E-state index in [1.807, 2.05) is 4.90 Å². The summed E-state index contributed by atoms with van der Waals surface area (Å²) in [6, 6.07) is 11.3. The third-order valence-electron chi connectivity index (χ3n) is 8.85. The molecule has 182 valence electrons. The van der Waals surface area contributed by atoms with Crippen LogP contribution in [-0.2, 0) is 9.59 Å². The number of piperazine rings is 1. The third kappa shape index (κ3) is 3.48. The molecule has 35 heavy (non-hydrogen) atoms. The average Bonchev–Trinajstić information content (AvgIpc) is 3.55. The molecule has 7 heteroatoms. The van der Waals surface area contributed by atoms with Crippen LogP contribution >= 0.6 is 11.6 Å². The lowest BCUT2D eigenvalue weighted by Gasteiger charge is -2.37. The largest absolute Gasteiger partial charge is 0.368 e. The number of halogens is 1. The summed E-state index contributed by atoms with van der Waals surface area (Å²) >= 11 is 6.46. The van der Waals surface area contributed by atoms with Crippen LogP contribution in [0.1, 0.15) is 40.7 Å². The fraction of sp³-hybridized carbons (Fsp3) is 0.464. The number of benzene rings is 2. The van der Waals surface area contributed by atoms with Crippen molar-refractivity contribution in [2.75, 3.05) is 36.0 Å². The number of fused-ring (bicyclic) bond motifs is 5. The van der Waals surface area contributed by atoms with Crippen LogP contribution in [0.4, 0.5) is 11.4 Å². The van der Waals surface area contributed by atoms with E-state index in [0.717, 1.165) is 32.4 Å². The Kier molecular flexibility index (Phi) is 5.40. The van der Waals surface area contributed by atoms with Gasteiger partial charge >= 0.3 is 0 Å². The van der Waals surface area contributed by atoms with Crippen LogP contribution in [0, 0.1) is 37.5 Å². The van der Waals surface area contributed by atoms with Crippen molar-refractivity contribution in [1.29, 1.82) is 0 Å². The number of amides is 3. The summed E-state index contributed by atoms with van der Waals surface area (Å²) in [4.78, 5) is 45.4. The van der Waals surface area contributed by atoms with Gasteiger partial charge in [0.25, 0.3) is 5.91 Å². The second-order valence-corrected chi connectivity index (χ2v) is 11.0. The van der Waals surface area contributed by atoms with Crippen molar-refractivity contribution >= 4 is 40.7 Å². The molecule has 2 heterocycles. The summed E-state index contributed by atoms with van der Waals surface area (Å²) in [5.74, 6) is -0.0770. The Hall–Kier alpha value is -2.86. The topological polar surface area (TPSA) is 60.9 Å². The first kappa shape index (κ1) is 22.6. The number of rotatable bonds is 3. The van der Waals surface area contributed by atoms with Crippen molar-refractivity contribution in [1.82, 2.24) is 4.90 Å². The molecule has 0 N–H and O–H groups in total. The zero-order valence-electron chi connectivity index (χ0n) is 20.2. The summed E-state index contributed by atoms with van der Waals surface area (Å²) in [6.45, 7) is 6.89. The molecular formula is C28H30ClN3O3. The van der Waals surface area contributed by atoms with Gasteiger partial charge < -0.3 is 9.80 Å². The number of carbonyl (C=O) groups excluding carboxylic acids is 3. The SMILES string of the molecule is Cc1cccc(N2CCN(C(=O)c3cc(N4C(=O)[C@H]5[C@H]6CC[C@@H](C6)[C@@H]5C4=O)ccc3Cl)CC2)c1C. The smallest absolute Gasteiger partial charge is 0.255 e. The summed E-state index contributed by atoms with van der Waals surface area (Å²) < 4.78 is 0. The van der Waals surface area contributed by atoms with Gasteiger partial charge in [0.2, 0.25) is 11.8 Å². The van der Waals surface area contributed by atoms with E-state index >= 15 is 0 Å². The van der Waals surface area contributed by atoms with Crippen LogP contribution in [-0.4, -0.2) is 48.8 Å². The number of anilines is 2. The van der Waals surface area contributed by atoms with Crippen molar-refractivity contribution in [3.8, 4) is 0 Å². The molecule has 0 spiro atoms. The Morgan fingerprint density at radius 3 is 2.23 bits per heavy atom. The second kappa shape index (κ2) is 8.37. The van der Waals surface area contributed by atoms with Crippen LogP contribution in [0.2, 0.25) is 5.02 Å². The van der Waals surface area contributed by atoms with Crippen LogP contribution in [0.3, 0.4) is 0 Å². The fourth-order valence-corrected chi connectivity index (χ4v) is 7.08. The van der Waals surface area contributed by atoms with E-state index in [0.29, 0.717) is 41.2 Å². The lowest BCUT2D eigenvalue weighted by atomic mass is 9.81. The first-order valence-corrected chi connectivity index (χ1v) is 13.0. The monoisotopic (exact) mass is 491 g/mol. The predicted octanol–water partition coefficient (Wildman–Crippen LogP) is 4.45. The summed E-state index contributed by atoms with van der Waals surface area (Å²) in [6.07, 6.45) is 3.08. The molecule has 4 atom stereocenters. The Morgan fingerprint density at radius 1 is 0.914 bits per heavy atom. The van der Waals surface area contributed by atoms with Crippen molar-refractivity contribution in [3.05, 3.63) is 58.1 Å². The van der Waals surface area contributed by atoms with E-state index in [4.69, 9.17) is 11.6 Å². The first-order valence-electron chi connectivity index (χ1n) is 12.6. The molecule has 2 saturated carbocycles. The highest BCUT2D eigenvalue weighted by Gasteiger charge is 2.61. The van der Waals surface area contributed by atoms with Gasteiger partial charge in [0, 0.05) is 31.9 Å². The van der Waals surface area contributed by atoms with Crippen molar-refractivity contribution in [3.63, 3.8) is 0 Å². The molecule has 2 aromatic rings. The van der Waals surface area contributed by atoms with E-state index in [1.165, 1.54) is 21.7 Å². The standard InChI is InChI=1S/C28H30ClN3O3/c1-16-4-3-5-23(17(16)2)30-10-12-31(13-11-30)26(33)21-15-20(8-9-22(21)29)32-27(34)24-18-6-7-19(14-18)25(24)28(32)35/h3-5,8-9,15,18-19,24-25H,6-7,10-14H2,1-2H3/t18-,19-,24-,25-/m0/s1. The highest BCUT2D eigenvalue weighted by atomic mass is 35.5. The fourth-order valence-electron chi connectivity index (χ4n) is 6.88. The number of aryl methyl sites for hydroxylation is 1. The molecule has 4 fully saturated rings. The number of imide groups is 1. The molecule has 2 aliphatic carbocycles. The van der Waals surface area contributed by atoms with Gasteiger partial charge in [-0.2, -0.15) is 0 Å². The molecule has 6 rings (SSSR count). The van der Waals surface area contributed by atoms with E-state index < -0.39 is 0 Å². The molecule has 2 saturated heterocycles. The lowest BCUT2D eigenvalue weighted by molar-refractivity contribution is -0.123. The predicted molar refractivity (Wildman–Crippen MR) is 136 cm³/mol. The summed E-state index contributed by atoms with van der Waals surface area (Å²) in [5.41, 5.74) is 4.55. The quantitative estimate of drug-likeness (QED) is 0.595. The van der Waals surface area contributed by atoms with Crippen LogP contribution < -0.4 is 9.80 Å². The lowest BCUT2D eigenvalue weighted by Crippen LogP contribution is -2.49. The van der Waals surface area contributed by atoms with Gasteiger partial charge in [-0.15, -0.1) is 0 Å². The average molecular weight is 492 g/mol. The number of hydrogen-bond acceptors (Lipinski definition) is 4. The minimum absolute atomic E-state index is 0.102. The molecule has 6 nitrogen and oxygen atoms in total. The Labute approximate surface area is 210 Å². The highest BCUT2D eigenvalue weighted by Crippen LogP contribution is 2.56. The first-order chi connectivity index (χ1) is 16.8. The maximum absolute atomic E-state index is 13.5. The number of hydrogen-bond donors (Lipinski definition) is 0. The van der Waals surface area contributed by atoms with E-state index in [9.17, 15) is 14.4 Å². The normalized spacial score (nSPS) is 27.7.